The van der Waals surface area contributed by atoms with E-state index in [0.717, 1.165) is 18.4 Å². The normalized spacial score (nSPS) is 12.1. The maximum atomic E-state index is 11.7. The van der Waals surface area contributed by atoms with Crippen molar-refractivity contribution in [2.24, 2.45) is 0 Å². The molecule has 1 amide bonds. The lowest BCUT2D eigenvalue weighted by molar-refractivity contribution is -0.118. The lowest BCUT2D eigenvalue weighted by Gasteiger charge is -2.04. The van der Waals surface area contributed by atoms with Gasteiger partial charge in [-0.3, -0.25) is 9.00 Å². The molecule has 0 bridgehead atoms. The first-order chi connectivity index (χ1) is 8.22. The summed E-state index contributed by atoms with van der Waals surface area (Å²) in [5, 5.41) is 2.77. The molecule has 0 saturated carbocycles. The van der Waals surface area contributed by atoms with Crippen molar-refractivity contribution in [1.82, 2.24) is 5.32 Å². The Morgan fingerprint density at radius 3 is 2.65 bits per heavy atom. The molecule has 1 N–H and O–H groups in total. The van der Waals surface area contributed by atoms with Crippen LogP contribution in [0.3, 0.4) is 0 Å². The molecule has 0 fully saturated rings. The highest BCUT2D eigenvalue weighted by atomic mass is 32.2. The van der Waals surface area contributed by atoms with E-state index >= 15 is 0 Å². The summed E-state index contributed by atoms with van der Waals surface area (Å²) in [6.07, 6.45) is 2.02. The van der Waals surface area contributed by atoms with Crippen molar-refractivity contribution in [2.45, 2.75) is 25.5 Å². The van der Waals surface area contributed by atoms with Crippen LogP contribution in [0.15, 0.2) is 30.3 Å². The molecule has 1 aromatic carbocycles. The number of carbonyl (C=O) groups is 1. The highest BCUT2D eigenvalue weighted by Crippen LogP contribution is 2.02. The van der Waals surface area contributed by atoms with E-state index in [4.69, 9.17) is 0 Å². The van der Waals surface area contributed by atoms with Crippen LogP contribution in [0.2, 0.25) is 0 Å². The van der Waals surface area contributed by atoms with Gasteiger partial charge in [0.1, 0.15) is 5.75 Å². The van der Waals surface area contributed by atoms with Gasteiger partial charge in [-0.2, -0.15) is 0 Å². The number of benzene rings is 1. The average molecular weight is 253 g/mol. The quantitative estimate of drug-likeness (QED) is 0.754. The van der Waals surface area contributed by atoms with Crippen LogP contribution in [-0.4, -0.2) is 22.4 Å². The number of hydrogen-bond donors (Lipinski definition) is 1. The fourth-order valence-corrected chi connectivity index (χ4v) is 2.47. The fraction of sp³-hybridized carbons (Fsp3) is 0.462. The van der Waals surface area contributed by atoms with Crippen molar-refractivity contribution in [3.8, 4) is 0 Å². The van der Waals surface area contributed by atoms with Gasteiger partial charge >= 0.3 is 0 Å². The number of carbonyl (C=O) groups excluding carboxylic acids is 1. The largest absolute Gasteiger partial charge is 0.355 e. The molecule has 17 heavy (non-hydrogen) atoms. The van der Waals surface area contributed by atoms with Crippen molar-refractivity contribution in [3.63, 3.8) is 0 Å². The van der Waals surface area contributed by atoms with E-state index in [0.29, 0.717) is 12.3 Å². The summed E-state index contributed by atoms with van der Waals surface area (Å²) < 4.78 is 11.7. The van der Waals surface area contributed by atoms with Gasteiger partial charge in [0.05, 0.1) is 0 Å². The first-order valence-corrected chi connectivity index (χ1v) is 7.36. The van der Waals surface area contributed by atoms with Crippen molar-refractivity contribution in [2.75, 3.05) is 12.3 Å². The van der Waals surface area contributed by atoms with Gasteiger partial charge in [0.2, 0.25) is 5.91 Å². The Bertz CT molecular complexity index is 365. The smallest absolute Gasteiger partial charge is 0.232 e. The maximum absolute atomic E-state index is 11.7. The van der Waals surface area contributed by atoms with Crippen LogP contribution in [0.25, 0.3) is 0 Å². The molecule has 4 heteroatoms. The number of rotatable bonds is 7. The summed E-state index contributed by atoms with van der Waals surface area (Å²) in [6.45, 7) is 2.75. The van der Waals surface area contributed by atoms with Crippen LogP contribution in [0.1, 0.15) is 25.3 Å². The van der Waals surface area contributed by atoms with Crippen molar-refractivity contribution in [1.29, 1.82) is 0 Å². The zero-order chi connectivity index (χ0) is 12.5. The van der Waals surface area contributed by atoms with Gasteiger partial charge in [-0.25, -0.2) is 0 Å². The predicted octanol–water partition coefficient (Wildman–Crippen LogP) is 1.85. The van der Waals surface area contributed by atoms with Gasteiger partial charge in [-0.05, 0) is 12.0 Å². The van der Waals surface area contributed by atoms with Crippen molar-refractivity contribution in [3.05, 3.63) is 35.9 Å². The number of nitrogens with one attached hydrogen (secondary N) is 1. The van der Waals surface area contributed by atoms with E-state index in [2.05, 4.69) is 12.2 Å². The Morgan fingerprint density at radius 1 is 1.29 bits per heavy atom. The summed E-state index contributed by atoms with van der Waals surface area (Å²) in [5.74, 6) is 0.424. The zero-order valence-electron chi connectivity index (χ0n) is 10.1. The second kappa shape index (κ2) is 8.01. The third-order valence-electron chi connectivity index (χ3n) is 2.32. The molecule has 1 rings (SSSR count). The third-order valence-corrected chi connectivity index (χ3v) is 3.55. The molecular weight excluding hydrogens is 234 g/mol. The van der Waals surface area contributed by atoms with Crippen LogP contribution in [-0.2, 0) is 21.3 Å². The first-order valence-electron chi connectivity index (χ1n) is 5.88. The molecule has 0 aliphatic carbocycles. The average Bonchev–Trinajstić information content (AvgIpc) is 2.30. The number of amides is 1. The molecule has 3 nitrogen and oxygen atoms in total. The molecule has 1 aromatic rings. The Kier molecular flexibility index (Phi) is 6.55. The molecule has 0 radical (unpaired) electrons. The van der Waals surface area contributed by atoms with Gasteiger partial charge in [-0.15, -0.1) is 0 Å². The second-order valence-corrected chi connectivity index (χ2v) is 5.37. The Labute approximate surface area is 105 Å². The van der Waals surface area contributed by atoms with Crippen molar-refractivity contribution < 1.29 is 9.00 Å². The second-order valence-electron chi connectivity index (χ2n) is 3.92. The molecule has 0 aliphatic heterocycles. The molecule has 0 spiro atoms. The number of hydrogen-bond acceptors (Lipinski definition) is 2. The zero-order valence-corrected chi connectivity index (χ0v) is 11.0. The minimum Gasteiger partial charge on any atom is -0.355 e. The van der Waals surface area contributed by atoms with E-state index in [9.17, 15) is 9.00 Å². The molecule has 0 unspecified atom stereocenters. The van der Waals surface area contributed by atoms with Crippen LogP contribution >= 0.6 is 0 Å². The van der Waals surface area contributed by atoms with Gasteiger partial charge in [0.25, 0.3) is 0 Å². The summed E-state index contributed by atoms with van der Waals surface area (Å²) in [5.41, 5.74) is 1.01. The minimum atomic E-state index is -1.12. The molecule has 1 atom stereocenters. The topological polar surface area (TPSA) is 46.2 Å². The van der Waals surface area contributed by atoms with Gasteiger partial charge in [-0.1, -0.05) is 43.7 Å². The van der Waals surface area contributed by atoms with Crippen molar-refractivity contribution >= 4 is 16.7 Å². The van der Waals surface area contributed by atoms with Crippen LogP contribution in [0.5, 0.6) is 0 Å². The summed E-state index contributed by atoms with van der Waals surface area (Å²) in [7, 11) is -1.12. The molecular formula is C13H19NO2S. The highest BCUT2D eigenvalue weighted by Gasteiger charge is 2.07. The summed E-state index contributed by atoms with van der Waals surface area (Å²) in [6, 6.07) is 9.59. The third kappa shape index (κ3) is 6.22. The van der Waals surface area contributed by atoms with Gasteiger partial charge in [0.15, 0.2) is 0 Å². The molecule has 0 aliphatic rings. The Hall–Kier alpha value is -1.16. The van der Waals surface area contributed by atoms with E-state index < -0.39 is 10.8 Å². The molecule has 94 valence electrons. The highest BCUT2D eigenvalue weighted by molar-refractivity contribution is 7.84. The molecule has 0 saturated heterocycles. The number of unbranched alkanes of at least 4 members (excludes halogenated alkanes) is 1. The lowest BCUT2D eigenvalue weighted by Crippen LogP contribution is -2.29. The Balaban J connectivity index is 2.27. The summed E-state index contributed by atoms with van der Waals surface area (Å²) in [4.78, 5) is 11.4. The van der Waals surface area contributed by atoms with E-state index in [-0.39, 0.29) is 11.7 Å². The standard InChI is InChI=1S/C13H19NO2S/c1-2-3-9-14-13(15)11-17(16)10-12-7-5-4-6-8-12/h4-8H,2-3,9-11H2,1H3,(H,14,15)/t17-/m0/s1. The van der Waals surface area contributed by atoms with E-state index in [1.165, 1.54) is 0 Å². The Morgan fingerprint density at radius 2 is 2.00 bits per heavy atom. The van der Waals surface area contributed by atoms with Crippen LogP contribution in [0, 0.1) is 0 Å². The maximum Gasteiger partial charge on any atom is 0.232 e. The van der Waals surface area contributed by atoms with Crippen LogP contribution < -0.4 is 5.32 Å². The van der Waals surface area contributed by atoms with Gasteiger partial charge < -0.3 is 5.32 Å². The monoisotopic (exact) mass is 253 g/mol. The minimum absolute atomic E-state index is 0.0958. The lowest BCUT2D eigenvalue weighted by atomic mass is 10.2. The summed E-state index contributed by atoms with van der Waals surface area (Å²) >= 11 is 0. The fourth-order valence-electron chi connectivity index (χ4n) is 1.41. The van der Waals surface area contributed by atoms with Gasteiger partial charge in [0, 0.05) is 23.1 Å². The predicted molar refractivity (Wildman–Crippen MR) is 71.1 cm³/mol. The van der Waals surface area contributed by atoms with E-state index in [1.54, 1.807) is 0 Å². The van der Waals surface area contributed by atoms with E-state index in [1.807, 2.05) is 30.3 Å². The SMILES string of the molecule is CCCCNC(=O)C[S@@](=O)Cc1ccccc1. The van der Waals surface area contributed by atoms with Crippen LogP contribution in [0.4, 0.5) is 0 Å². The molecule has 0 heterocycles. The first kappa shape index (κ1) is 13.9. The molecule has 0 aromatic heterocycles.